The number of piperidine rings is 1. The summed E-state index contributed by atoms with van der Waals surface area (Å²) in [6, 6.07) is 13.0. The van der Waals surface area contributed by atoms with Gasteiger partial charge in [-0.2, -0.15) is 0 Å². The van der Waals surface area contributed by atoms with E-state index in [1.807, 2.05) is 6.07 Å². The van der Waals surface area contributed by atoms with Gasteiger partial charge >= 0.3 is 5.69 Å². The van der Waals surface area contributed by atoms with Crippen molar-refractivity contribution in [3.63, 3.8) is 0 Å². The summed E-state index contributed by atoms with van der Waals surface area (Å²) >= 11 is 0. The molecule has 0 bridgehead atoms. The zero-order valence-electron chi connectivity index (χ0n) is 19.4. The second-order valence-electron chi connectivity index (χ2n) is 9.18. The number of fused-ring (bicyclic) bond motifs is 1. The zero-order chi connectivity index (χ0) is 24.4. The second-order valence-corrected chi connectivity index (χ2v) is 9.18. The third-order valence-electron chi connectivity index (χ3n) is 6.83. The maximum Gasteiger partial charge on any atom is 0.328 e. The minimum atomic E-state index is -0.376. The number of hydrogen-bond donors (Lipinski definition) is 2. The lowest BCUT2D eigenvalue weighted by molar-refractivity contribution is 0.176. The summed E-state index contributed by atoms with van der Waals surface area (Å²) in [6.45, 7) is 3.36. The number of aromatic nitrogens is 4. The maximum atomic E-state index is 13.4. The summed E-state index contributed by atoms with van der Waals surface area (Å²) in [7, 11) is 0. The fourth-order valence-corrected chi connectivity index (χ4v) is 4.84. The van der Waals surface area contributed by atoms with Crippen molar-refractivity contribution in [2.24, 2.45) is 5.92 Å². The van der Waals surface area contributed by atoms with Crippen LogP contribution in [0.4, 0.5) is 4.39 Å². The monoisotopic (exact) mass is 477 g/mol. The predicted octanol–water partition coefficient (Wildman–Crippen LogP) is 2.73. The molecule has 0 spiro atoms. The molecule has 0 saturated carbocycles. The van der Waals surface area contributed by atoms with Gasteiger partial charge in [0.1, 0.15) is 17.4 Å². The van der Waals surface area contributed by atoms with Gasteiger partial charge in [0.05, 0.1) is 11.0 Å². The molecule has 0 radical (unpaired) electrons. The Balaban J connectivity index is 1.27. The number of aromatic amines is 1. The average molecular weight is 478 g/mol. The first kappa shape index (κ1) is 23.0. The number of nitrogens with zero attached hydrogens (tertiary/aromatic N) is 4. The molecule has 1 saturated heterocycles. The van der Waals surface area contributed by atoms with Crippen molar-refractivity contribution in [1.29, 1.82) is 0 Å². The van der Waals surface area contributed by atoms with E-state index in [1.54, 1.807) is 24.3 Å². The van der Waals surface area contributed by atoms with Gasteiger partial charge in [-0.3, -0.25) is 9.36 Å². The van der Waals surface area contributed by atoms with Gasteiger partial charge in [0.25, 0.3) is 5.56 Å². The topological polar surface area (TPSA) is 96.2 Å². The smallest absolute Gasteiger partial charge is 0.328 e. The number of rotatable bonds is 7. The van der Waals surface area contributed by atoms with Crippen LogP contribution in [0, 0.1) is 11.7 Å². The molecule has 2 aromatic heterocycles. The molecule has 0 aliphatic carbocycles. The number of benzene rings is 2. The summed E-state index contributed by atoms with van der Waals surface area (Å²) < 4.78 is 16.7. The fraction of sp³-hybridized carbons (Fsp3) is 0.346. The number of nitrogens with one attached hydrogen (secondary N) is 1. The summed E-state index contributed by atoms with van der Waals surface area (Å²) in [4.78, 5) is 33.5. The van der Waals surface area contributed by atoms with Crippen molar-refractivity contribution in [3.05, 3.63) is 92.8 Å². The third kappa shape index (κ3) is 5.19. The van der Waals surface area contributed by atoms with Gasteiger partial charge in [-0.15, -0.1) is 0 Å². The van der Waals surface area contributed by atoms with Gasteiger partial charge in [-0.25, -0.2) is 14.2 Å². The van der Waals surface area contributed by atoms with E-state index in [0.29, 0.717) is 25.6 Å². The lowest BCUT2D eigenvalue weighted by Gasteiger charge is -2.31. The van der Waals surface area contributed by atoms with Crippen LogP contribution < -0.4 is 11.2 Å². The molecule has 0 atom stereocenters. The molecule has 182 valence electrons. The van der Waals surface area contributed by atoms with Crippen LogP contribution in [-0.2, 0) is 19.5 Å². The summed E-state index contributed by atoms with van der Waals surface area (Å²) in [5.74, 6) is 1.33. The Labute approximate surface area is 201 Å². The standard InChI is InChI=1S/C26H28FN5O3/c27-20-3-1-19(2-4-20)17-32-23-16-21(33)5-6-22(23)29-24(32)15-18-8-11-30(12-9-18)13-14-31-25(34)7-10-28-26(31)35/h1-7,10,16,18,33H,8-9,11-15,17H2,(H,28,35). The number of imidazole rings is 1. The molecule has 3 heterocycles. The van der Waals surface area contributed by atoms with Crippen LogP contribution in [0.3, 0.4) is 0 Å². The number of phenolic OH excluding ortho intramolecular Hbond substituents is 1. The molecule has 2 N–H and O–H groups in total. The molecule has 1 aliphatic rings. The summed E-state index contributed by atoms with van der Waals surface area (Å²) in [5, 5.41) is 10.0. The van der Waals surface area contributed by atoms with Crippen molar-refractivity contribution in [2.75, 3.05) is 19.6 Å². The van der Waals surface area contributed by atoms with Gasteiger partial charge in [0.2, 0.25) is 0 Å². The highest BCUT2D eigenvalue weighted by Crippen LogP contribution is 2.27. The number of likely N-dealkylation sites (tertiary alicyclic amines) is 1. The minimum absolute atomic E-state index is 0.189. The lowest BCUT2D eigenvalue weighted by Crippen LogP contribution is -2.41. The average Bonchev–Trinajstić information content (AvgIpc) is 3.17. The Hall–Kier alpha value is -3.72. The van der Waals surface area contributed by atoms with Crippen LogP contribution in [0.25, 0.3) is 11.0 Å². The quantitative estimate of drug-likeness (QED) is 0.427. The van der Waals surface area contributed by atoms with E-state index < -0.39 is 0 Å². The highest BCUT2D eigenvalue weighted by atomic mass is 19.1. The number of halogens is 1. The maximum absolute atomic E-state index is 13.4. The molecule has 0 amide bonds. The van der Waals surface area contributed by atoms with Crippen LogP contribution in [0.1, 0.15) is 24.2 Å². The number of hydrogen-bond acceptors (Lipinski definition) is 5. The van der Waals surface area contributed by atoms with E-state index in [4.69, 9.17) is 4.98 Å². The molecule has 1 fully saturated rings. The fourth-order valence-electron chi connectivity index (χ4n) is 4.84. The van der Waals surface area contributed by atoms with Gasteiger partial charge in [-0.1, -0.05) is 12.1 Å². The van der Waals surface area contributed by atoms with Crippen molar-refractivity contribution >= 4 is 11.0 Å². The van der Waals surface area contributed by atoms with Crippen molar-refractivity contribution < 1.29 is 9.50 Å². The van der Waals surface area contributed by atoms with E-state index in [2.05, 4.69) is 14.5 Å². The first-order chi connectivity index (χ1) is 17.0. The van der Waals surface area contributed by atoms with E-state index in [9.17, 15) is 19.1 Å². The normalized spacial score (nSPS) is 15.1. The lowest BCUT2D eigenvalue weighted by atomic mass is 9.93. The number of phenols is 1. The van der Waals surface area contributed by atoms with Crippen molar-refractivity contribution in [3.8, 4) is 5.75 Å². The second kappa shape index (κ2) is 9.87. The predicted molar refractivity (Wildman–Crippen MR) is 131 cm³/mol. The first-order valence-electron chi connectivity index (χ1n) is 11.9. The Morgan fingerprint density at radius 2 is 1.77 bits per heavy atom. The van der Waals surface area contributed by atoms with Crippen LogP contribution >= 0.6 is 0 Å². The van der Waals surface area contributed by atoms with Gasteiger partial charge in [-0.05, 0) is 61.7 Å². The largest absolute Gasteiger partial charge is 0.508 e. The first-order valence-corrected chi connectivity index (χ1v) is 11.9. The highest BCUT2D eigenvalue weighted by Gasteiger charge is 2.22. The van der Waals surface area contributed by atoms with Gasteiger partial charge in [0, 0.05) is 44.4 Å². The minimum Gasteiger partial charge on any atom is -0.508 e. The Kier molecular flexibility index (Phi) is 6.50. The summed E-state index contributed by atoms with van der Waals surface area (Å²) in [5.41, 5.74) is 2.00. The summed E-state index contributed by atoms with van der Waals surface area (Å²) in [6.07, 6.45) is 4.16. The van der Waals surface area contributed by atoms with Crippen molar-refractivity contribution in [2.45, 2.75) is 32.4 Å². The van der Waals surface area contributed by atoms with E-state index in [0.717, 1.165) is 54.8 Å². The Bertz CT molecular complexity index is 1400. The molecule has 4 aromatic rings. The van der Waals surface area contributed by atoms with Gasteiger partial charge < -0.3 is 19.6 Å². The third-order valence-corrected chi connectivity index (χ3v) is 6.83. The molecule has 5 rings (SSSR count). The van der Waals surface area contributed by atoms with Gasteiger partial charge in [0.15, 0.2) is 0 Å². The molecule has 0 unspecified atom stereocenters. The zero-order valence-corrected chi connectivity index (χ0v) is 19.4. The van der Waals surface area contributed by atoms with Crippen LogP contribution in [0.2, 0.25) is 0 Å². The van der Waals surface area contributed by atoms with Crippen LogP contribution in [0.15, 0.2) is 64.3 Å². The number of aromatic hydroxyl groups is 1. The SMILES string of the molecule is O=c1cc[nH]c(=O)n1CCN1CCC(Cc2nc3ccc(O)cc3n2Cc2ccc(F)cc2)CC1. The van der Waals surface area contributed by atoms with E-state index >= 15 is 0 Å². The molecule has 1 aliphatic heterocycles. The highest BCUT2D eigenvalue weighted by molar-refractivity contribution is 5.77. The molecule has 2 aromatic carbocycles. The molecule has 9 heteroatoms. The molecule has 8 nitrogen and oxygen atoms in total. The molecule has 35 heavy (non-hydrogen) atoms. The van der Waals surface area contributed by atoms with E-state index in [1.165, 1.54) is 29.0 Å². The number of H-pyrrole nitrogens is 1. The van der Waals surface area contributed by atoms with Crippen LogP contribution in [0.5, 0.6) is 5.75 Å². The van der Waals surface area contributed by atoms with E-state index in [-0.39, 0.29) is 22.8 Å². The van der Waals surface area contributed by atoms with Crippen molar-refractivity contribution in [1.82, 2.24) is 24.0 Å². The van der Waals surface area contributed by atoms with Crippen LogP contribution in [-0.4, -0.2) is 48.7 Å². The molecular weight excluding hydrogens is 449 g/mol. The Morgan fingerprint density at radius 1 is 1.00 bits per heavy atom. The molecular formula is C26H28FN5O3. The Morgan fingerprint density at radius 3 is 2.51 bits per heavy atom.